The van der Waals surface area contributed by atoms with Crippen LogP contribution in [-0.4, -0.2) is 16.8 Å². The highest BCUT2D eigenvalue weighted by molar-refractivity contribution is 5.83. The van der Waals surface area contributed by atoms with Crippen LogP contribution in [0.5, 0.6) is 0 Å². The van der Waals surface area contributed by atoms with Gasteiger partial charge in [-0.3, -0.25) is 4.98 Å². The SMILES string of the molecule is OCN(c1ccccc1)c1ccc2ncccc2c1. The third kappa shape index (κ3) is 2.28. The maximum absolute atomic E-state index is 9.62. The van der Waals surface area contributed by atoms with Gasteiger partial charge in [0.1, 0.15) is 6.73 Å². The third-order valence-electron chi connectivity index (χ3n) is 3.11. The summed E-state index contributed by atoms with van der Waals surface area (Å²) in [5, 5.41) is 10.7. The highest BCUT2D eigenvalue weighted by Gasteiger charge is 2.08. The van der Waals surface area contributed by atoms with Crippen LogP contribution in [0, 0.1) is 0 Å². The van der Waals surface area contributed by atoms with E-state index in [9.17, 15) is 5.11 Å². The zero-order chi connectivity index (χ0) is 13.1. The fourth-order valence-corrected chi connectivity index (χ4v) is 2.15. The molecule has 3 rings (SSSR count). The molecule has 2 aromatic carbocycles. The van der Waals surface area contributed by atoms with E-state index >= 15 is 0 Å². The predicted octanol–water partition coefficient (Wildman–Crippen LogP) is 3.32. The second-order valence-corrected chi connectivity index (χ2v) is 4.29. The van der Waals surface area contributed by atoms with E-state index in [4.69, 9.17) is 0 Å². The molecule has 3 aromatic rings. The van der Waals surface area contributed by atoms with Crippen LogP contribution in [-0.2, 0) is 0 Å². The fraction of sp³-hybridized carbons (Fsp3) is 0.0625. The molecule has 0 unspecified atom stereocenters. The van der Waals surface area contributed by atoms with Gasteiger partial charge in [-0.2, -0.15) is 0 Å². The molecule has 0 saturated heterocycles. The average Bonchev–Trinajstić information content (AvgIpc) is 2.49. The average molecular weight is 250 g/mol. The molecule has 0 aliphatic rings. The van der Waals surface area contributed by atoms with Crippen LogP contribution in [0.1, 0.15) is 0 Å². The molecule has 0 amide bonds. The summed E-state index contributed by atoms with van der Waals surface area (Å²) in [4.78, 5) is 6.15. The van der Waals surface area contributed by atoms with Crippen molar-refractivity contribution in [2.45, 2.75) is 0 Å². The van der Waals surface area contributed by atoms with Gasteiger partial charge in [-0.25, -0.2) is 0 Å². The molecule has 3 nitrogen and oxygen atoms in total. The Balaban J connectivity index is 2.06. The summed E-state index contributed by atoms with van der Waals surface area (Å²) in [5.74, 6) is 0. The van der Waals surface area contributed by atoms with E-state index in [0.29, 0.717) is 0 Å². The van der Waals surface area contributed by atoms with Crippen molar-refractivity contribution in [3.05, 3.63) is 66.9 Å². The fourth-order valence-electron chi connectivity index (χ4n) is 2.15. The van der Waals surface area contributed by atoms with Crippen LogP contribution in [0.2, 0.25) is 0 Å². The number of rotatable bonds is 3. The van der Waals surface area contributed by atoms with E-state index in [1.807, 2.05) is 65.6 Å². The maximum atomic E-state index is 9.62. The van der Waals surface area contributed by atoms with Crippen LogP contribution in [0.15, 0.2) is 66.9 Å². The number of nitrogens with zero attached hydrogens (tertiary/aromatic N) is 2. The number of anilines is 2. The van der Waals surface area contributed by atoms with Crippen LogP contribution < -0.4 is 4.90 Å². The summed E-state index contributed by atoms with van der Waals surface area (Å²) in [5.41, 5.74) is 2.87. The molecule has 0 bridgehead atoms. The molecule has 3 heteroatoms. The van der Waals surface area contributed by atoms with Crippen LogP contribution >= 0.6 is 0 Å². The molecule has 1 aromatic heterocycles. The Labute approximate surface area is 111 Å². The molecule has 0 aliphatic heterocycles. The summed E-state index contributed by atoms with van der Waals surface area (Å²) in [7, 11) is 0. The lowest BCUT2D eigenvalue weighted by atomic mass is 10.2. The lowest BCUT2D eigenvalue weighted by molar-refractivity contribution is 0.305. The number of fused-ring (bicyclic) bond motifs is 1. The zero-order valence-corrected chi connectivity index (χ0v) is 10.4. The quantitative estimate of drug-likeness (QED) is 0.724. The van der Waals surface area contributed by atoms with Gasteiger partial charge in [0.15, 0.2) is 0 Å². The van der Waals surface area contributed by atoms with Crippen molar-refractivity contribution in [3.8, 4) is 0 Å². The topological polar surface area (TPSA) is 36.4 Å². The largest absolute Gasteiger partial charge is 0.376 e. The minimum atomic E-state index is -0.0597. The van der Waals surface area contributed by atoms with E-state index in [1.165, 1.54) is 0 Å². The Kier molecular flexibility index (Phi) is 3.12. The second-order valence-electron chi connectivity index (χ2n) is 4.29. The first-order valence-corrected chi connectivity index (χ1v) is 6.17. The Morgan fingerprint density at radius 1 is 0.895 bits per heavy atom. The summed E-state index contributed by atoms with van der Waals surface area (Å²) < 4.78 is 0. The molecule has 0 aliphatic carbocycles. The Morgan fingerprint density at radius 2 is 1.74 bits per heavy atom. The molecule has 0 fully saturated rings. The summed E-state index contributed by atoms with van der Waals surface area (Å²) in [6.45, 7) is -0.0597. The summed E-state index contributed by atoms with van der Waals surface area (Å²) >= 11 is 0. The lowest BCUT2D eigenvalue weighted by Gasteiger charge is -2.22. The van der Waals surface area contributed by atoms with Gasteiger partial charge in [0.05, 0.1) is 5.52 Å². The van der Waals surface area contributed by atoms with Gasteiger partial charge in [0.2, 0.25) is 0 Å². The van der Waals surface area contributed by atoms with Gasteiger partial charge in [-0.05, 0) is 36.4 Å². The zero-order valence-electron chi connectivity index (χ0n) is 10.4. The van der Waals surface area contributed by atoms with Crippen molar-refractivity contribution < 1.29 is 5.11 Å². The number of aliphatic hydroxyl groups excluding tert-OH is 1. The number of benzene rings is 2. The van der Waals surface area contributed by atoms with Gasteiger partial charge >= 0.3 is 0 Å². The Hall–Kier alpha value is -2.39. The number of aromatic nitrogens is 1. The van der Waals surface area contributed by atoms with Crippen molar-refractivity contribution >= 4 is 22.3 Å². The molecule has 94 valence electrons. The molecular formula is C16H14N2O. The Morgan fingerprint density at radius 3 is 2.53 bits per heavy atom. The number of aliphatic hydroxyl groups is 1. The number of hydrogen-bond donors (Lipinski definition) is 1. The van der Waals surface area contributed by atoms with Gasteiger partial charge in [0.25, 0.3) is 0 Å². The van der Waals surface area contributed by atoms with E-state index in [1.54, 1.807) is 6.20 Å². The number of hydrogen-bond acceptors (Lipinski definition) is 3. The molecule has 0 spiro atoms. The first-order valence-electron chi connectivity index (χ1n) is 6.17. The maximum Gasteiger partial charge on any atom is 0.120 e. The van der Waals surface area contributed by atoms with Gasteiger partial charge in [-0.1, -0.05) is 24.3 Å². The van der Waals surface area contributed by atoms with Gasteiger partial charge in [-0.15, -0.1) is 0 Å². The monoisotopic (exact) mass is 250 g/mol. The van der Waals surface area contributed by atoms with Crippen molar-refractivity contribution in [1.29, 1.82) is 0 Å². The Bertz CT molecular complexity index is 682. The predicted molar refractivity (Wildman–Crippen MR) is 77.4 cm³/mol. The number of pyridine rings is 1. The third-order valence-corrected chi connectivity index (χ3v) is 3.11. The normalized spacial score (nSPS) is 10.6. The minimum Gasteiger partial charge on any atom is -0.376 e. The number of para-hydroxylation sites is 1. The van der Waals surface area contributed by atoms with Crippen molar-refractivity contribution in [2.75, 3.05) is 11.6 Å². The van der Waals surface area contributed by atoms with E-state index in [0.717, 1.165) is 22.3 Å². The summed E-state index contributed by atoms with van der Waals surface area (Å²) in [6, 6.07) is 19.7. The molecular weight excluding hydrogens is 236 g/mol. The van der Waals surface area contributed by atoms with Crippen LogP contribution in [0.25, 0.3) is 10.9 Å². The van der Waals surface area contributed by atoms with E-state index < -0.39 is 0 Å². The van der Waals surface area contributed by atoms with Crippen LogP contribution in [0.3, 0.4) is 0 Å². The molecule has 1 heterocycles. The first kappa shape index (κ1) is 11.7. The van der Waals surface area contributed by atoms with Gasteiger partial charge < -0.3 is 10.0 Å². The van der Waals surface area contributed by atoms with E-state index in [2.05, 4.69) is 4.98 Å². The van der Waals surface area contributed by atoms with Crippen molar-refractivity contribution in [3.63, 3.8) is 0 Å². The van der Waals surface area contributed by atoms with Crippen molar-refractivity contribution in [1.82, 2.24) is 4.98 Å². The molecule has 0 atom stereocenters. The first-order chi connectivity index (χ1) is 9.38. The lowest BCUT2D eigenvalue weighted by Crippen LogP contribution is -2.17. The summed E-state index contributed by atoms with van der Waals surface area (Å²) in [6.07, 6.45) is 1.78. The molecule has 1 N–H and O–H groups in total. The van der Waals surface area contributed by atoms with Crippen LogP contribution in [0.4, 0.5) is 11.4 Å². The second kappa shape index (κ2) is 5.08. The van der Waals surface area contributed by atoms with E-state index in [-0.39, 0.29) is 6.73 Å². The molecule has 0 saturated carbocycles. The molecule has 0 radical (unpaired) electrons. The van der Waals surface area contributed by atoms with Crippen molar-refractivity contribution in [2.24, 2.45) is 0 Å². The highest BCUT2D eigenvalue weighted by atomic mass is 16.3. The highest BCUT2D eigenvalue weighted by Crippen LogP contribution is 2.27. The minimum absolute atomic E-state index is 0.0597. The standard InChI is InChI=1S/C16H14N2O/c19-12-18(14-6-2-1-3-7-14)15-8-9-16-13(11-15)5-4-10-17-16/h1-11,19H,12H2. The molecule has 19 heavy (non-hydrogen) atoms. The van der Waals surface area contributed by atoms with Gasteiger partial charge in [0, 0.05) is 23.0 Å². The smallest absolute Gasteiger partial charge is 0.120 e.